The molecule has 0 bridgehead atoms. The van der Waals surface area contributed by atoms with E-state index in [4.69, 9.17) is 24.0 Å². The molecule has 170 valence electrons. The summed E-state index contributed by atoms with van der Waals surface area (Å²) in [5.41, 5.74) is 2.34. The number of Topliss-reactive ketones (excluding diaryl/α,β-unsaturated/α-hetero) is 1. The summed E-state index contributed by atoms with van der Waals surface area (Å²) >= 11 is 0. The number of ether oxygens (including phenoxy) is 4. The Morgan fingerprint density at radius 2 is 1.69 bits per heavy atom. The monoisotopic (exact) mass is 438 g/mol. The number of nitrogens with zero attached hydrogens (tertiary/aromatic N) is 2. The van der Waals surface area contributed by atoms with Crippen LogP contribution in [0.2, 0.25) is 0 Å². The number of benzene rings is 2. The summed E-state index contributed by atoms with van der Waals surface area (Å²) in [7, 11) is 3.23. The van der Waals surface area contributed by atoms with E-state index in [0.717, 1.165) is 22.7 Å². The number of hydrogen-bond acceptors (Lipinski definition) is 6. The fourth-order valence-electron chi connectivity index (χ4n) is 3.09. The lowest BCUT2D eigenvalue weighted by Crippen LogP contribution is -2.32. The molecule has 0 N–H and O–H groups in total. The van der Waals surface area contributed by atoms with Crippen LogP contribution < -0.4 is 14.2 Å². The van der Waals surface area contributed by atoms with Crippen molar-refractivity contribution in [3.05, 3.63) is 54.2 Å². The molecule has 1 heterocycles. The molecular formula is C25H30N2O5. The molecule has 0 aliphatic heterocycles. The molecule has 0 spiro atoms. The van der Waals surface area contributed by atoms with E-state index in [9.17, 15) is 4.79 Å². The lowest BCUT2D eigenvalue weighted by Gasteiger charge is -2.21. The van der Waals surface area contributed by atoms with E-state index in [0.29, 0.717) is 23.8 Å². The summed E-state index contributed by atoms with van der Waals surface area (Å²) in [5.74, 6) is 2.06. The smallest absolute Gasteiger partial charge is 0.161 e. The van der Waals surface area contributed by atoms with Gasteiger partial charge in [-0.05, 0) is 58.0 Å². The lowest BCUT2D eigenvalue weighted by molar-refractivity contribution is -0.139. The predicted molar refractivity (Wildman–Crippen MR) is 123 cm³/mol. The van der Waals surface area contributed by atoms with E-state index >= 15 is 0 Å². The van der Waals surface area contributed by atoms with E-state index in [1.54, 1.807) is 28.1 Å². The average molecular weight is 439 g/mol. The van der Waals surface area contributed by atoms with E-state index < -0.39 is 5.60 Å². The highest BCUT2D eigenvalue weighted by Crippen LogP contribution is 2.32. The molecule has 7 heteroatoms. The number of rotatable bonds is 10. The molecular weight excluding hydrogens is 408 g/mol. The van der Waals surface area contributed by atoms with Gasteiger partial charge in [0.25, 0.3) is 0 Å². The van der Waals surface area contributed by atoms with Crippen LogP contribution in [0.5, 0.6) is 17.2 Å². The molecule has 3 aromatic rings. The summed E-state index contributed by atoms with van der Waals surface area (Å²) < 4.78 is 24.3. The first-order valence-electron chi connectivity index (χ1n) is 10.5. The van der Waals surface area contributed by atoms with Crippen molar-refractivity contribution >= 4 is 5.78 Å². The van der Waals surface area contributed by atoms with Crippen LogP contribution in [0.15, 0.2) is 48.5 Å². The Morgan fingerprint density at radius 1 is 1.00 bits per heavy atom. The van der Waals surface area contributed by atoms with Gasteiger partial charge in [-0.15, -0.1) is 0 Å². The Hall–Kier alpha value is -3.32. The van der Waals surface area contributed by atoms with Crippen molar-refractivity contribution < 1.29 is 23.7 Å². The first-order valence-corrected chi connectivity index (χ1v) is 10.5. The minimum absolute atomic E-state index is 0.0425. The van der Waals surface area contributed by atoms with E-state index in [-0.39, 0.29) is 12.4 Å². The normalized spacial score (nSPS) is 11.3. The molecule has 7 nitrogen and oxygen atoms in total. The number of carbonyl (C=O) groups is 1. The van der Waals surface area contributed by atoms with Crippen LogP contribution in [0.3, 0.4) is 0 Å². The second kappa shape index (κ2) is 9.87. The zero-order valence-corrected chi connectivity index (χ0v) is 19.5. The first kappa shape index (κ1) is 23.3. The Bertz CT molecular complexity index is 1070. The molecule has 0 radical (unpaired) electrons. The highest BCUT2D eigenvalue weighted by atomic mass is 16.5. The van der Waals surface area contributed by atoms with Gasteiger partial charge in [0.1, 0.15) is 22.8 Å². The maximum absolute atomic E-state index is 11.8. The highest BCUT2D eigenvalue weighted by Gasteiger charge is 2.25. The summed E-state index contributed by atoms with van der Waals surface area (Å²) in [4.78, 5) is 11.8. The third-order valence-corrected chi connectivity index (χ3v) is 5.21. The van der Waals surface area contributed by atoms with Crippen LogP contribution in [0.1, 0.15) is 33.4 Å². The number of hydrogen-bond donors (Lipinski definition) is 0. The molecule has 0 aliphatic carbocycles. The van der Waals surface area contributed by atoms with E-state index in [1.807, 2.05) is 60.1 Å². The Labute approximate surface area is 188 Å². The van der Waals surface area contributed by atoms with Crippen LogP contribution >= 0.6 is 0 Å². The second-order valence-electron chi connectivity index (χ2n) is 7.82. The van der Waals surface area contributed by atoms with Crippen molar-refractivity contribution in [2.24, 2.45) is 0 Å². The topological polar surface area (TPSA) is 71.8 Å². The lowest BCUT2D eigenvalue weighted by atomic mass is 10.1. The fourth-order valence-corrected chi connectivity index (χ4v) is 3.09. The molecule has 0 saturated heterocycles. The highest BCUT2D eigenvalue weighted by molar-refractivity contribution is 5.83. The average Bonchev–Trinajstić information content (AvgIpc) is 3.22. The summed E-state index contributed by atoms with van der Waals surface area (Å²) in [6.07, 6.45) is 0. The zero-order chi connectivity index (χ0) is 23.3. The predicted octanol–water partition coefficient (Wildman–Crippen LogP) is 4.84. The third kappa shape index (κ3) is 5.29. The van der Waals surface area contributed by atoms with Crippen LogP contribution in [0.4, 0.5) is 0 Å². The van der Waals surface area contributed by atoms with Crippen molar-refractivity contribution in [2.75, 3.05) is 20.8 Å². The molecule has 0 fully saturated rings. The van der Waals surface area contributed by atoms with Crippen molar-refractivity contribution in [1.29, 1.82) is 0 Å². The summed E-state index contributed by atoms with van der Waals surface area (Å²) in [5, 5.41) is 4.77. The van der Waals surface area contributed by atoms with Crippen LogP contribution in [-0.2, 0) is 16.1 Å². The van der Waals surface area contributed by atoms with Gasteiger partial charge < -0.3 is 18.9 Å². The van der Waals surface area contributed by atoms with Crippen molar-refractivity contribution in [2.45, 2.75) is 39.9 Å². The van der Waals surface area contributed by atoms with Crippen molar-refractivity contribution in [3.63, 3.8) is 0 Å². The molecule has 32 heavy (non-hydrogen) atoms. The summed E-state index contributed by atoms with van der Waals surface area (Å²) in [6, 6.07) is 15.3. The third-order valence-electron chi connectivity index (χ3n) is 5.21. The number of carbonyl (C=O) groups excluding carboxylic acids is 1. The molecule has 0 atom stereocenters. The number of ketones is 1. The largest absolute Gasteiger partial charge is 0.497 e. The second-order valence-corrected chi connectivity index (χ2v) is 7.82. The fraction of sp³-hybridized carbons (Fsp3) is 0.360. The van der Waals surface area contributed by atoms with E-state index in [2.05, 4.69) is 0 Å². The molecule has 1 aromatic heterocycles. The maximum atomic E-state index is 11.8. The van der Waals surface area contributed by atoms with Gasteiger partial charge in [-0.1, -0.05) is 6.07 Å². The number of methoxy groups -OCH3 is 2. The first-order chi connectivity index (χ1) is 15.3. The quantitative estimate of drug-likeness (QED) is 0.451. The molecule has 2 aromatic carbocycles. The molecule has 0 saturated carbocycles. The van der Waals surface area contributed by atoms with Crippen LogP contribution in [0.25, 0.3) is 16.9 Å². The van der Waals surface area contributed by atoms with Gasteiger partial charge in [-0.3, -0.25) is 4.79 Å². The van der Waals surface area contributed by atoms with Gasteiger partial charge in [0.2, 0.25) is 0 Å². The zero-order valence-electron chi connectivity index (χ0n) is 19.5. The standard InChI is InChI=1S/C25H30N2O5/c1-7-31-21-10-8-9-20(14-21)27-24(18-11-22(29-5)15-23(12-18)30-6)13-19(26-27)16-32-25(3,4)17(2)28/h8-15H,7,16H2,1-6H3. The molecule has 0 aliphatic rings. The summed E-state index contributed by atoms with van der Waals surface area (Å²) in [6.45, 7) is 7.74. The maximum Gasteiger partial charge on any atom is 0.161 e. The number of aromatic nitrogens is 2. The Morgan fingerprint density at radius 3 is 2.28 bits per heavy atom. The molecule has 0 amide bonds. The van der Waals surface area contributed by atoms with Crippen LogP contribution in [0, 0.1) is 0 Å². The minimum Gasteiger partial charge on any atom is -0.497 e. The van der Waals surface area contributed by atoms with E-state index in [1.165, 1.54) is 6.92 Å². The van der Waals surface area contributed by atoms with Gasteiger partial charge in [0.05, 0.1) is 44.5 Å². The van der Waals surface area contributed by atoms with Gasteiger partial charge in [-0.25, -0.2) is 4.68 Å². The SMILES string of the molecule is CCOc1cccc(-n2nc(COC(C)(C)C(C)=O)cc2-c2cc(OC)cc(OC)c2)c1. The van der Waals surface area contributed by atoms with Gasteiger partial charge in [0.15, 0.2) is 5.78 Å². The van der Waals surface area contributed by atoms with Gasteiger partial charge in [-0.2, -0.15) is 5.10 Å². The molecule has 0 unspecified atom stereocenters. The van der Waals surface area contributed by atoms with Crippen molar-refractivity contribution in [1.82, 2.24) is 9.78 Å². The Kier molecular flexibility index (Phi) is 7.20. The minimum atomic E-state index is -0.891. The Balaban J connectivity index is 2.09. The van der Waals surface area contributed by atoms with Gasteiger partial charge >= 0.3 is 0 Å². The van der Waals surface area contributed by atoms with Crippen molar-refractivity contribution in [3.8, 4) is 34.2 Å². The van der Waals surface area contributed by atoms with Crippen LogP contribution in [-0.4, -0.2) is 42.0 Å². The molecule has 3 rings (SSSR count). The van der Waals surface area contributed by atoms with Gasteiger partial charge in [0, 0.05) is 17.7 Å².